The molecule has 1 saturated heterocycles. The highest BCUT2D eigenvalue weighted by Gasteiger charge is 2.23. The molecule has 220 valence electrons. The first-order chi connectivity index (χ1) is 19.7. The molecule has 0 spiro atoms. The molecule has 1 atom stereocenters. The Bertz CT molecular complexity index is 1300. The molecule has 2 aromatic rings. The second-order valence-electron chi connectivity index (χ2n) is 10.1. The van der Waals surface area contributed by atoms with Gasteiger partial charge >= 0.3 is 0 Å². The van der Waals surface area contributed by atoms with Crippen molar-refractivity contribution in [3.8, 4) is 5.75 Å². The molecule has 2 N–H and O–H groups in total. The Morgan fingerprint density at radius 1 is 1.34 bits per heavy atom. The van der Waals surface area contributed by atoms with Crippen LogP contribution in [0.3, 0.4) is 0 Å². The Hall–Kier alpha value is -3.11. The third kappa shape index (κ3) is 8.94. The first-order valence-corrected chi connectivity index (χ1v) is 14.9. The van der Waals surface area contributed by atoms with Crippen LogP contribution in [0.4, 0.5) is 17.1 Å². The molecule has 1 amide bonds. The molecule has 1 heterocycles. The number of thioether (sulfide) groups is 1. The van der Waals surface area contributed by atoms with Crippen molar-refractivity contribution in [2.75, 3.05) is 31.1 Å². The number of halogens is 1. The van der Waals surface area contributed by atoms with E-state index in [9.17, 15) is 10.0 Å². The number of carbonyl (C=O) groups is 1. The quantitative estimate of drug-likeness (QED) is 0.0868. The van der Waals surface area contributed by atoms with Gasteiger partial charge in [0.15, 0.2) is 5.84 Å². The zero-order valence-electron chi connectivity index (χ0n) is 24.3. The molecule has 0 saturated carbocycles. The number of amides is 1. The largest absolute Gasteiger partial charge is 0.494 e. The van der Waals surface area contributed by atoms with Crippen molar-refractivity contribution in [1.82, 2.24) is 4.90 Å². The number of carbonyl (C=O) groups excluding carboxylic acids is 1. The van der Waals surface area contributed by atoms with Gasteiger partial charge in [-0.1, -0.05) is 50.6 Å². The number of hydrogen-bond donors (Lipinski definition) is 2. The Morgan fingerprint density at radius 3 is 2.76 bits per heavy atom. The smallest absolute Gasteiger partial charge is 0.247 e. The number of piperidine rings is 1. The normalized spacial score (nSPS) is 16.4. The van der Waals surface area contributed by atoms with Crippen molar-refractivity contribution in [3.05, 3.63) is 65.8 Å². The highest BCUT2D eigenvalue weighted by Crippen LogP contribution is 2.38. The van der Waals surface area contributed by atoms with Gasteiger partial charge in [-0.05, 0) is 81.9 Å². The Kier molecular flexibility index (Phi) is 12.5. The first-order valence-electron chi connectivity index (χ1n) is 13.7. The van der Waals surface area contributed by atoms with Crippen molar-refractivity contribution in [2.24, 2.45) is 9.98 Å². The molecule has 1 aliphatic heterocycles. The van der Waals surface area contributed by atoms with Crippen LogP contribution in [-0.4, -0.2) is 60.6 Å². The van der Waals surface area contributed by atoms with E-state index >= 15 is 0 Å². The lowest BCUT2D eigenvalue weighted by molar-refractivity contribution is -0.111. The Morgan fingerprint density at radius 2 is 2.10 bits per heavy atom. The number of nitrogens with zero attached hydrogens (tertiary/aromatic N) is 4. The van der Waals surface area contributed by atoms with Crippen LogP contribution in [0, 0.1) is 0 Å². The summed E-state index contributed by atoms with van der Waals surface area (Å²) < 4.78 is 5.73. The van der Waals surface area contributed by atoms with E-state index in [0.29, 0.717) is 28.9 Å². The van der Waals surface area contributed by atoms with Gasteiger partial charge in [-0.15, -0.1) is 11.8 Å². The number of nitrogens with one attached hydrogen (secondary N) is 1. The zero-order valence-corrected chi connectivity index (χ0v) is 25.8. The number of hydroxylamine groups is 1. The van der Waals surface area contributed by atoms with Crippen molar-refractivity contribution in [1.29, 1.82) is 0 Å². The molecule has 0 bridgehead atoms. The van der Waals surface area contributed by atoms with Gasteiger partial charge in [0.2, 0.25) is 5.91 Å². The number of rotatable bonds is 12. The molecule has 2 aromatic carbocycles. The standard InChI is InChI=1S/C31H40ClN5O3S/c1-7-30(38)34-25-19-26(28(40-6)18-22(25)15-16-23-12-10-11-17-36(23)5)35-31(24(32)20-33-4)37(39)27-13-8-9-14-29(27)41-21(2)3/h7-9,13-14,18-21,23,39H,1,4,10-12,15-17H2,2-3,5-6H3,(H,34,38)/b24-20+,35-31?. The number of aliphatic imine (C=N–C) groups is 2. The molecule has 10 heteroatoms. The Balaban J connectivity index is 2.10. The molecule has 0 radical (unpaired) electrons. The molecule has 0 aromatic heterocycles. The Labute approximate surface area is 252 Å². The maximum Gasteiger partial charge on any atom is 0.247 e. The number of likely N-dealkylation sites (tertiary alicyclic amines) is 1. The van der Waals surface area contributed by atoms with Gasteiger partial charge in [0.05, 0.1) is 12.8 Å². The molecule has 1 aliphatic rings. The molecule has 1 unspecified atom stereocenters. The van der Waals surface area contributed by atoms with E-state index in [2.05, 4.69) is 49.4 Å². The van der Waals surface area contributed by atoms with Crippen LogP contribution < -0.4 is 15.1 Å². The SMILES string of the molecule is C=CC(=O)Nc1cc(N=C(/C(Cl)=C\N=C)N(O)c2ccccc2SC(C)C)c(OC)cc1CCC1CCCCN1C. The summed E-state index contributed by atoms with van der Waals surface area (Å²) in [4.78, 5) is 24.1. The van der Waals surface area contributed by atoms with Gasteiger partial charge < -0.3 is 15.0 Å². The maximum absolute atomic E-state index is 12.4. The van der Waals surface area contributed by atoms with E-state index in [1.807, 2.05) is 24.3 Å². The third-order valence-electron chi connectivity index (χ3n) is 6.82. The summed E-state index contributed by atoms with van der Waals surface area (Å²) in [6.07, 6.45) is 7.81. The fourth-order valence-corrected chi connectivity index (χ4v) is 5.88. The van der Waals surface area contributed by atoms with E-state index < -0.39 is 0 Å². The van der Waals surface area contributed by atoms with E-state index in [-0.39, 0.29) is 22.0 Å². The van der Waals surface area contributed by atoms with Crippen LogP contribution in [0.2, 0.25) is 0 Å². The lowest BCUT2D eigenvalue weighted by Gasteiger charge is -2.32. The highest BCUT2D eigenvalue weighted by atomic mass is 35.5. The average Bonchev–Trinajstić information content (AvgIpc) is 2.95. The summed E-state index contributed by atoms with van der Waals surface area (Å²) in [5, 5.41) is 15.6. The average molecular weight is 598 g/mol. The minimum absolute atomic E-state index is 0.0201. The third-order valence-corrected chi connectivity index (χ3v) is 8.15. The fourth-order valence-electron chi connectivity index (χ4n) is 4.75. The maximum atomic E-state index is 12.4. The van der Waals surface area contributed by atoms with Crippen molar-refractivity contribution < 1.29 is 14.7 Å². The van der Waals surface area contributed by atoms with Crippen molar-refractivity contribution in [2.45, 2.75) is 62.1 Å². The van der Waals surface area contributed by atoms with Crippen LogP contribution in [0.15, 0.2) is 75.2 Å². The van der Waals surface area contributed by atoms with E-state index in [1.54, 1.807) is 31.0 Å². The number of anilines is 2. The molecule has 8 nitrogen and oxygen atoms in total. The van der Waals surface area contributed by atoms with Gasteiger partial charge in [0.1, 0.15) is 16.5 Å². The lowest BCUT2D eigenvalue weighted by Crippen LogP contribution is -2.36. The molecule has 0 aliphatic carbocycles. The summed E-state index contributed by atoms with van der Waals surface area (Å²) in [5.74, 6) is 0.158. The minimum Gasteiger partial charge on any atom is -0.494 e. The number of para-hydroxylation sites is 1. The number of methoxy groups -OCH3 is 1. The number of ether oxygens (including phenoxy) is 1. The summed E-state index contributed by atoms with van der Waals surface area (Å²) in [6.45, 7) is 12.3. The van der Waals surface area contributed by atoms with Crippen molar-refractivity contribution in [3.63, 3.8) is 0 Å². The van der Waals surface area contributed by atoms with E-state index in [4.69, 9.17) is 21.3 Å². The number of benzene rings is 2. The number of hydrogen-bond acceptors (Lipinski definition) is 7. The van der Waals surface area contributed by atoms with Crippen LogP contribution in [-0.2, 0) is 11.2 Å². The van der Waals surface area contributed by atoms with Crippen LogP contribution >= 0.6 is 23.4 Å². The van der Waals surface area contributed by atoms with Crippen LogP contribution in [0.1, 0.15) is 45.1 Å². The summed E-state index contributed by atoms with van der Waals surface area (Å²) in [5.41, 5.74) is 2.39. The summed E-state index contributed by atoms with van der Waals surface area (Å²) in [7, 11) is 3.72. The predicted molar refractivity (Wildman–Crippen MR) is 173 cm³/mol. The molecule has 3 rings (SSSR count). The summed E-state index contributed by atoms with van der Waals surface area (Å²) in [6, 6.07) is 11.5. The van der Waals surface area contributed by atoms with Crippen LogP contribution in [0.25, 0.3) is 0 Å². The van der Waals surface area contributed by atoms with Gasteiger partial charge in [-0.25, -0.2) is 10.1 Å². The number of aryl methyl sites for hydroxylation is 1. The van der Waals surface area contributed by atoms with E-state index in [0.717, 1.165) is 41.3 Å². The zero-order chi connectivity index (χ0) is 29.9. The minimum atomic E-state index is -0.335. The van der Waals surface area contributed by atoms with Gasteiger partial charge in [0, 0.05) is 28.1 Å². The van der Waals surface area contributed by atoms with Crippen molar-refractivity contribution >= 4 is 58.9 Å². The summed E-state index contributed by atoms with van der Waals surface area (Å²) >= 11 is 8.18. The van der Waals surface area contributed by atoms with E-state index in [1.165, 1.54) is 25.1 Å². The second-order valence-corrected chi connectivity index (χ2v) is 12.1. The fraction of sp³-hybridized carbons (Fsp3) is 0.387. The van der Waals surface area contributed by atoms with Gasteiger partial charge in [-0.3, -0.25) is 15.0 Å². The first kappa shape index (κ1) is 32.4. The second kappa shape index (κ2) is 15.8. The molecule has 1 fully saturated rings. The highest BCUT2D eigenvalue weighted by molar-refractivity contribution is 8.00. The van der Waals surface area contributed by atoms with Crippen LogP contribution in [0.5, 0.6) is 5.75 Å². The van der Waals surface area contributed by atoms with Gasteiger partial charge in [0.25, 0.3) is 0 Å². The van der Waals surface area contributed by atoms with Gasteiger partial charge in [-0.2, -0.15) is 0 Å². The molecular weight excluding hydrogens is 558 g/mol. The number of amidine groups is 1. The predicted octanol–water partition coefficient (Wildman–Crippen LogP) is 7.44. The molecule has 41 heavy (non-hydrogen) atoms. The lowest BCUT2D eigenvalue weighted by atomic mass is 9.95. The monoisotopic (exact) mass is 597 g/mol. The molecular formula is C31H40ClN5O3S. The topological polar surface area (TPSA) is 89.8 Å².